The van der Waals surface area contributed by atoms with Crippen LogP contribution < -0.4 is 0 Å². The van der Waals surface area contributed by atoms with Crippen LogP contribution >= 0.6 is 0 Å². The van der Waals surface area contributed by atoms with E-state index in [-0.39, 0.29) is 23.9 Å². The van der Waals surface area contributed by atoms with Crippen LogP contribution in [-0.4, -0.2) is 41.8 Å². The van der Waals surface area contributed by atoms with Gasteiger partial charge in [0.25, 0.3) is 0 Å². The lowest BCUT2D eigenvalue weighted by atomic mass is 9.77. The number of hydrogen-bond acceptors (Lipinski definition) is 4. The lowest BCUT2D eigenvalue weighted by Crippen LogP contribution is -2.45. The Bertz CT molecular complexity index is 782. The standard InChI is InChI=1S/C21H25F2NO4/c1-12-4-3-5-18(13(12)2)24-10-15(9-20(24)26)21(27)28-11-19(25)14-6-7-16(22)17(23)8-14/h6-8,12-13,15,18H,3-5,9-11H2,1-2H3. The summed E-state index contributed by atoms with van der Waals surface area (Å²) in [4.78, 5) is 38.6. The molecule has 1 heterocycles. The number of amides is 1. The van der Waals surface area contributed by atoms with Crippen molar-refractivity contribution in [1.82, 2.24) is 4.90 Å². The summed E-state index contributed by atoms with van der Waals surface area (Å²) in [7, 11) is 0. The smallest absolute Gasteiger partial charge is 0.311 e. The van der Waals surface area contributed by atoms with E-state index in [1.165, 1.54) is 0 Å². The van der Waals surface area contributed by atoms with E-state index in [0.717, 1.165) is 37.5 Å². The molecule has 0 N–H and O–H groups in total. The fourth-order valence-electron chi connectivity index (χ4n) is 4.21. The van der Waals surface area contributed by atoms with Crippen molar-refractivity contribution in [3.8, 4) is 0 Å². The molecular weight excluding hydrogens is 368 g/mol. The molecule has 1 aromatic carbocycles. The third-order valence-corrected chi connectivity index (χ3v) is 6.14. The molecule has 0 bridgehead atoms. The number of nitrogens with zero attached hydrogens (tertiary/aromatic N) is 1. The van der Waals surface area contributed by atoms with Gasteiger partial charge < -0.3 is 9.64 Å². The summed E-state index contributed by atoms with van der Waals surface area (Å²) in [6.07, 6.45) is 3.23. The second-order valence-corrected chi connectivity index (χ2v) is 7.94. The predicted octanol–water partition coefficient (Wildman–Crippen LogP) is 3.36. The van der Waals surface area contributed by atoms with Crippen molar-refractivity contribution in [3.63, 3.8) is 0 Å². The molecule has 1 aliphatic carbocycles. The highest BCUT2D eigenvalue weighted by Crippen LogP contribution is 2.35. The molecule has 1 saturated carbocycles. The molecular formula is C21H25F2NO4. The summed E-state index contributed by atoms with van der Waals surface area (Å²) < 4.78 is 31.2. The number of esters is 1. The van der Waals surface area contributed by atoms with Crippen LogP contribution in [0.15, 0.2) is 18.2 Å². The van der Waals surface area contributed by atoms with Gasteiger partial charge in [0.2, 0.25) is 5.91 Å². The average molecular weight is 393 g/mol. The molecule has 4 atom stereocenters. The first-order chi connectivity index (χ1) is 13.3. The maximum absolute atomic E-state index is 13.2. The topological polar surface area (TPSA) is 63.7 Å². The summed E-state index contributed by atoms with van der Waals surface area (Å²) in [5.41, 5.74) is -0.0687. The Balaban J connectivity index is 1.55. The molecule has 2 aliphatic rings. The lowest BCUT2D eigenvalue weighted by Gasteiger charge is -2.39. The number of ether oxygens (including phenoxy) is 1. The highest BCUT2D eigenvalue weighted by Gasteiger charge is 2.42. The van der Waals surface area contributed by atoms with E-state index in [0.29, 0.717) is 18.4 Å². The summed E-state index contributed by atoms with van der Waals surface area (Å²) in [5, 5.41) is 0. The normalized spacial score (nSPS) is 27.7. The van der Waals surface area contributed by atoms with E-state index in [2.05, 4.69) is 13.8 Å². The van der Waals surface area contributed by atoms with Gasteiger partial charge in [-0.2, -0.15) is 0 Å². The number of carbonyl (C=O) groups is 3. The first kappa shape index (κ1) is 20.4. The molecule has 0 radical (unpaired) electrons. The van der Waals surface area contributed by atoms with Crippen molar-refractivity contribution < 1.29 is 27.9 Å². The van der Waals surface area contributed by atoms with Crippen LogP contribution in [0.3, 0.4) is 0 Å². The minimum Gasteiger partial charge on any atom is -0.457 e. The molecule has 28 heavy (non-hydrogen) atoms. The maximum Gasteiger partial charge on any atom is 0.311 e. The Morgan fingerprint density at radius 1 is 1.18 bits per heavy atom. The number of hydrogen-bond donors (Lipinski definition) is 0. The molecule has 5 nitrogen and oxygen atoms in total. The first-order valence-electron chi connectivity index (χ1n) is 9.72. The van der Waals surface area contributed by atoms with E-state index in [4.69, 9.17) is 4.74 Å². The van der Waals surface area contributed by atoms with Gasteiger partial charge >= 0.3 is 5.97 Å². The van der Waals surface area contributed by atoms with Gasteiger partial charge in [-0.15, -0.1) is 0 Å². The highest BCUT2D eigenvalue weighted by atomic mass is 19.2. The molecule has 1 saturated heterocycles. The maximum atomic E-state index is 13.2. The minimum atomic E-state index is -1.13. The third kappa shape index (κ3) is 4.23. The van der Waals surface area contributed by atoms with Gasteiger partial charge in [-0.05, 0) is 36.5 Å². The Kier molecular flexibility index (Phi) is 6.10. The van der Waals surface area contributed by atoms with E-state index in [1.807, 2.05) is 0 Å². The second kappa shape index (κ2) is 8.37. The molecule has 152 valence electrons. The quantitative estimate of drug-likeness (QED) is 0.568. The Morgan fingerprint density at radius 2 is 1.93 bits per heavy atom. The van der Waals surface area contributed by atoms with Gasteiger partial charge in [0, 0.05) is 24.6 Å². The predicted molar refractivity (Wildman–Crippen MR) is 97.4 cm³/mol. The molecule has 1 amide bonds. The Labute approximate surface area is 163 Å². The van der Waals surface area contributed by atoms with Crippen LogP contribution in [0.2, 0.25) is 0 Å². The van der Waals surface area contributed by atoms with Crippen molar-refractivity contribution in [2.45, 2.75) is 45.6 Å². The molecule has 0 spiro atoms. The monoisotopic (exact) mass is 393 g/mol. The largest absolute Gasteiger partial charge is 0.457 e. The lowest BCUT2D eigenvalue weighted by molar-refractivity contribution is -0.147. The number of likely N-dealkylation sites (tertiary alicyclic amines) is 1. The summed E-state index contributed by atoms with van der Waals surface area (Å²) in [5.74, 6) is -3.16. The SMILES string of the molecule is CC1CCCC(N2CC(C(=O)OCC(=O)c3ccc(F)c(F)c3)CC2=O)C1C. The van der Waals surface area contributed by atoms with Gasteiger partial charge in [-0.25, -0.2) is 8.78 Å². The fraction of sp³-hybridized carbons (Fsp3) is 0.571. The van der Waals surface area contributed by atoms with Crippen molar-refractivity contribution in [3.05, 3.63) is 35.4 Å². The summed E-state index contributed by atoms with van der Waals surface area (Å²) in [6.45, 7) is 4.07. The third-order valence-electron chi connectivity index (χ3n) is 6.14. The van der Waals surface area contributed by atoms with Gasteiger partial charge in [0.05, 0.1) is 5.92 Å². The Morgan fingerprint density at radius 3 is 2.64 bits per heavy atom. The van der Waals surface area contributed by atoms with Gasteiger partial charge in [0.15, 0.2) is 24.0 Å². The van der Waals surface area contributed by atoms with Crippen molar-refractivity contribution in [1.29, 1.82) is 0 Å². The molecule has 3 rings (SSSR count). The number of halogens is 2. The average Bonchev–Trinajstić information content (AvgIpc) is 3.05. The summed E-state index contributed by atoms with van der Waals surface area (Å²) >= 11 is 0. The number of benzene rings is 1. The number of Topliss-reactive ketones (excluding diaryl/α,β-unsaturated/α-hetero) is 1. The van der Waals surface area contributed by atoms with Crippen LogP contribution in [0.5, 0.6) is 0 Å². The van der Waals surface area contributed by atoms with Crippen molar-refractivity contribution in [2.24, 2.45) is 17.8 Å². The number of rotatable bonds is 5. The zero-order valence-electron chi connectivity index (χ0n) is 16.1. The number of carbonyl (C=O) groups excluding carboxylic acids is 3. The Hall–Kier alpha value is -2.31. The van der Waals surface area contributed by atoms with Crippen molar-refractivity contribution >= 4 is 17.7 Å². The van der Waals surface area contributed by atoms with Crippen LogP contribution in [0.25, 0.3) is 0 Å². The first-order valence-corrected chi connectivity index (χ1v) is 9.72. The van der Waals surface area contributed by atoms with Gasteiger partial charge in [-0.3, -0.25) is 14.4 Å². The molecule has 1 aromatic rings. The van der Waals surface area contributed by atoms with Gasteiger partial charge in [0.1, 0.15) is 0 Å². The zero-order valence-corrected chi connectivity index (χ0v) is 16.1. The van der Waals surface area contributed by atoms with Gasteiger partial charge in [-0.1, -0.05) is 26.7 Å². The van der Waals surface area contributed by atoms with E-state index in [1.54, 1.807) is 4.90 Å². The molecule has 0 aromatic heterocycles. The van der Waals surface area contributed by atoms with Crippen LogP contribution in [0.4, 0.5) is 8.78 Å². The highest BCUT2D eigenvalue weighted by molar-refractivity contribution is 5.98. The molecule has 4 unspecified atom stereocenters. The van der Waals surface area contributed by atoms with Crippen molar-refractivity contribution in [2.75, 3.05) is 13.2 Å². The van der Waals surface area contributed by atoms with E-state index < -0.39 is 35.9 Å². The van der Waals surface area contributed by atoms with Crippen LogP contribution in [-0.2, 0) is 14.3 Å². The molecule has 2 fully saturated rings. The number of ketones is 1. The summed E-state index contributed by atoms with van der Waals surface area (Å²) in [6, 6.07) is 2.90. The van der Waals surface area contributed by atoms with E-state index >= 15 is 0 Å². The van der Waals surface area contributed by atoms with E-state index in [9.17, 15) is 23.2 Å². The van der Waals surface area contributed by atoms with Crippen LogP contribution in [0, 0.1) is 29.4 Å². The molecule has 1 aliphatic heterocycles. The minimum absolute atomic E-state index is 0.0557. The second-order valence-electron chi connectivity index (χ2n) is 7.94. The zero-order chi connectivity index (χ0) is 20.4. The molecule has 7 heteroatoms. The van der Waals surface area contributed by atoms with Crippen LogP contribution in [0.1, 0.15) is 49.9 Å². The fourth-order valence-corrected chi connectivity index (χ4v) is 4.21.